The van der Waals surface area contributed by atoms with Gasteiger partial charge in [-0.05, 0) is 28.2 Å². The first kappa shape index (κ1) is 12.9. The number of hydrogen-bond acceptors (Lipinski definition) is 3. The summed E-state index contributed by atoms with van der Waals surface area (Å²) in [6.45, 7) is 0.246. The number of aryl methyl sites for hydroxylation is 1. The molecule has 0 atom stereocenters. The summed E-state index contributed by atoms with van der Waals surface area (Å²) < 4.78 is 7.59. The number of rotatable bonds is 3. The van der Waals surface area contributed by atoms with E-state index in [1.165, 1.54) is 0 Å². The SMILES string of the molecule is Cn1cc(I)c(NC(=O)OCc2ccccc2)n1. The molecule has 0 unspecified atom stereocenters. The summed E-state index contributed by atoms with van der Waals surface area (Å²) >= 11 is 2.10. The van der Waals surface area contributed by atoms with Gasteiger partial charge in [-0.2, -0.15) is 5.10 Å². The van der Waals surface area contributed by atoms with E-state index in [-0.39, 0.29) is 6.61 Å². The molecule has 18 heavy (non-hydrogen) atoms. The number of ether oxygens (including phenoxy) is 1. The van der Waals surface area contributed by atoms with Crippen LogP contribution in [0.25, 0.3) is 0 Å². The Balaban J connectivity index is 1.88. The van der Waals surface area contributed by atoms with Crippen LogP contribution >= 0.6 is 22.6 Å². The number of nitrogens with one attached hydrogen (secondary N) is 1. The van der Waals surface area contributed by atoms with E-state index in [1.54, 1.807) is 11.7 Å². The van der Waals surface area contributed by atoms with Gasteiger partial charge in [0.1, 0.15) is 6.61 Å². The molecule has 94 valence electrons. The molecule has 1 N–H and O–H groups in total. The van der Waals surface area contributed by atoms with Gasteiger partial charge in [0, 0.05) is 13.2 Å². The molecule has 0 saturated carbocycles. The van der Waals surface area contributed by atoms with Gasteiger partial charge < -0.3 is 4.74 Å². The quantitative estimate of drug-likeness (QED) is 0.860. The average molecular weight is 357 g/mol. The lowest BCUT2D eigenvalue weighted by molar-refractivity contribution is 0.155. The van der Waals surface area contributed by atoms with E-state index in [0.29, 0.717) is 5.82 Å². The Kier molecular flexibility index (Phi) is 4.19. The Bertz CT molecular complexity index is 540. The van der Waals surface area contributed by atoms with E-state index in [9.17, 15) is 4.79 Å². The molecule has 0 aliphatic carbocycles. The molecule has 2 aromatic rings. The summed E-state index contributed by atoms with van der Waals surface area (Å²) in [5.74, 6) is 0.510. The average Bonchev–Trinajstić information content (AvgIpc) is 2.67. The van der Waals surface area contributed by atoms with Crippen LogP contribution in [0, 0.1) is 3.57 Å². The molecule has 6 heteroatoms. The highest BCUT2D eigenvalue weighted by atomic mass is 127. The number of benzene rings is 1. The standard InChI is InChI=1S/C12H12IN3O2/c1-16-7-10(13)11(15-16)14-12(17)18-8-9-5-3-2-4-6-9/h2-7H,8H2,1H3,(H,14,15,17). The molecule has 0 radical (unpaired) electrons. The first-order chi connectivity index (χ1) is 8.65. The molecule has 0 aliphatic rings. The van der Waals surface area contributed by atoms with Gasteiger partial charge >= 0.3 is 6.09 Å². The zero-order valence-electron chi connectivity index (χ0n) is 9.76. The molecule has 0 bridgehead atoms. The minimum atomic E-state index is -0.504. The molecule has 1 aromatic carbocycles. The maximum Gasteiger partial charge on any atom is 0.413 e. The van der Waals surface area contributed by atoms with Crippen LogP contribution in [0.3, 0.4) is 0 Å². The molecule has 5 nitrogen and oxygen atoms in total. The van der Waals surface area contributed by atoms with Crippen molar-refractivity contribution in [3.05, 3.63) is 45.7 Å². The Hall–Kier alpha value is -1.57. The normalized spacial score (nSPS) is 10.1. The van der Waals surface area contributed by atoms with Crippen molar-refractivity contribution in [1.29, 1.82) is 0 Å². The van der Waals surface area contributed by atoms with Crippen LogP contribution < -0.4 is 5.32 Å². The molecule has 1 amide bonds. The van der Waals surface area contributed by atoms with Crippen molar-refractivity contribution in [1.82, 2.24) is 9.78 Å². The monoisotopic (exact) mass is 357 g/mol. The summed E-state index contributed by atoms with van der Waals surface area (Å²) in [5.41, 5.74) is 0.948. The van der Waals surface area contributed by atoms with Crippen LogP contribution in [0.1, 0.15) is 5.56 Å². The molecule has 0 fully saturated rings. The molecular weight excluding hydrogens is 345 g/mol. The van der Waals surface area contributed by atoms with Gasteiger partial charge in [-0.15, -0.1) is 0 Å². The fraction of sp³-hybridized carbons (Fsp3) is 0.167. The van der Waals surface area contributed by atoms with Crippen molar-refractivity contribution in [2.45, 2.75) is 6.61 Å². The lowest BCUT2D eigenvalue weighted by Crippen LogP contribution is -2.14. The number of anilines is 1. The summed E-state index contributed by atoms with van der Waals surface area (Å²) in [4.78, 5) is 11.6. The van der Waals surface area contributed by atoms with Crippen LogP contribution in [-0.4, -0.2) is 15.9 Å². The summed E-state index contributed by atoms with van der Waals surface area (Å²) in [6, 6.07) is 9.52. The molecule has 0 aliphatic heterocycles. The van der Waals surface area contributed by atoms with Crippen LogP contribution in [0.2, 0.25) is 0 Å². The second kappa shape index (κ2) is 5.85. The molecule has 0 saturated heterocycles. The predicted molar refractivity (Wildman–Crippen MR) is 76.2 cm³/mol. The van der Waals surface area contributed by atoms with Gasteiger partial charge in [-0.1, -0.05) is 30.3 Å². The maximum atomic E-state index is 11.6. The molecule has 1 aromatic heterocycles. The molecular formula is C12H12IN3O2. The third-order valence-electron chi connectivity index (χ3n) is 2.22. The minimum absolute atomic E-state index is 0.246. The number of nitrogens with zero attached hydrogens (tertiary/aromatic N) is 2. The number of amides is 1. The Morgan fingerprint density at radius 2 is 2.17 bits per heavy atom. The Labute approximate surface area is 118 Å². The topological polar surface area (TPSA) is 56.2 Å². The molecule has 0 spiro atoms. The van der Waals surface area contributed by atoms with Crippen molar-refractivity contribution in [2.24, 2.45) is 7.05 Å². The highest BCUT2D eigenvalue weighted by Crippen LogP contribution is 2.15. The van der Waals surface area contributed by atoms with E-state index >= 15 is 0 Å². The number of hydrogen-bond donors (Lipinski definition) is 1. The first-order valence-corrected chi connectivity index (χ1v) is 6.40. The number of aromatic nitrogens is 2. The van der Waals surface area contributed by atoms with Crippen LogP contribution in [0.4, 0.5) is 10.6 Å². The van der Waals surface area contributed by atoms with E-state index in [1.807, 2.05) is 36.5 Å². The third-order valence-corrected chi connectivity index (χ3v) is 3.01. The summed E-state index contributed by atoms with van der Waals surface area (Å²) in [5, 5.41) is 6.70. The number of carbonyl (C=O) groups is 1. The smallest absolute Gasteiger partial charge is 0.413 e. The van der Waals surface area contributed by atoms with Gasteiger partial charge in [-0.25, -0.2) is 4.79 Å². The minimum Gasteiger partial charge on any atom is -0.444 e. The molecule has 2 rings (SSSR count). The van der Waals surface area contributed by atoms with Crippen molar-refractivity contribution >= 4 is 34.5 Å². The first-order valence-electron chi connectivity index (χ1n) is 5.32. The maximum absolute atomic E-state index is 11.6. The second-order valence-corrected chi connectivity index (χ2v) is 4.85. The van der Waals surface area contributed by atoms with Gasteiger partial charge in [0.2, 0.25) is 0 Å². The lowest BCUT2D eigenvalue weighted by Gasteiger charge is -2.05. The van der Waals surface area contributed by atoms with E-state index < -0.39 is 6.09 Å². The van der Waals surface area contributed by atoms with Crippen molar-refractivity contribution < 1.29 is 9.53 Å². The predicted octanol–water partition coefficient (Wildman–Crippen LogP) is 2.77. The van der Waals surface area contributed by atoms with E-state index in [4.69, 9.17) is 4.74 Å². The van der Waals surface area contributed by atoms with Crippen LogP contribution in [0.15, 0.2) is 36.5 Å². The van der Waals surface area contributed by atoms with Gasteiger partial charge in [0.15, 0.2) is 5.82 Å². The van der Waals surface area contributed by atoms with Crippen LogP contribution in [-0.2, 0) is 18.4 Å². The fourth-order valence-electron chi connectivity index (χ4n) is 1.40. The fourth-order valence-corrected chi connectivity index (χ4v) is 2.05. The summed E-state index contributed by atoms with van der Waals surface area (Å²) in [7, 11) is 1.79. The Morgan fingerprint density at radius 1 is 1.44 bits per heavy atom. The Morgan fingerprint density at radius 3 is 2.78 bits per heavy atom. The van der Waals surface area contributed by atoms with E-state index in [0.717, 1.165) is 9.13 Å². The lowest BCUT2D eigenvalue weighted by atomic mass is 10.2. The number of halogens is 1. The van der Waals surface area contributed by atoms with Crippen molar-refractivity contribution in [3.63, 3.8) is 0 Å². The highest BCUT2D eigenvalue weighted by Gasteiger charge is 2.09. The summed E-state index contributed by atoms with van der Waals surface area (Å²) in [6.07, 6.45) is 1.31. The zero-order valence-corrected chi connectivity index (χ0v) is 11.9. The van der Waals surface area contributed by atoms with Crippen molar-refractivity contribution in [3.8, 4) is 0 Å². The largest absolute Gasteiger partial charge is 0.444 e. The van der Waals surface area contributed by atoms with Crippen LogP contribution in [0.5, 0.6) is 0 Å². The van der Waals surface area contributed by atoms with Gasteiger partial charge in [0.25, 0.3) is 0 Å². The third kappa shape index (κ3) is 3.46. The van der Waals surface area contributed by atoms with Gasteiger partial charge in [-0.3, -0.25) is 10.00 Å². The van der Waals surface area contributed by atoms with Crippen molar-refractivity contribution in [2.75, 3.05) is 5.32 Å². The number of carbonyl (C=O) groups excluding carboxylic acids is 1. The van der Waals surface area contributed by atoms with Gasteiger partial charge in [0.05, 0.1) is 3.57 Å². The highest BCUT2D eigenvalue weighted by molar-refractivity contribution is 14.1. The molecule has 1 heterocycles. The zero-order chi connectivity index (χ0) is 13.0. The van der Waals surface area contributed by atoms with E-state index in [2.05, 4.69) is 33.0 Å². The second-order valence-electron chi connectivity index (χ2n) is 3.69.